The largest absolute Gasteiger partial charge is 0.464 e. The molecule has 0 saturated heterocycles. The monoisotopic (exact) mass is 334 g/mol. The smallest absolute Gasteiger partial charge is 0.417 e. The average Bonchev–Trinajstić information content (AvgIpc) is 3.12. The van der Waals surface area contributed by atoms with Gasteiger partial charge in [-0.25, -0.2) is 19.2 Å². The Hall–Kier alpha value is -2.65. The van der Waals surface area contributed by atoms with Gasteiger partial charge in [0.25, 0.3) is 0 Å². The van der Waals surface area contributed by atoms with Crippen LogP contribution in [0.15, 0.2) is 24.7 Å². The van der Waals surface area contributed by atoms with E-state index < -0.39 is 6.09 Å². The molecule has 1 aliphatic heterocycles. The molecule has 0 spiro atoms. The first-order chi connectivity index (χ1) is 11.1. The van der Waals surface area contributed by atoms with Crippen molar-refractivity contribution in [1.82, 2.24) is 24.4 Å². The maximum atomic E-state index is 11.8. The molecule has 0 aromatic carbocycles. The highest BCUT2D eigenvalue weighted by Gasteiger charge is 2.26. The van der Waals surface area contributed by atoms with Crippen LogP contribution in [-0.4, -0.2) is 42.2 Å². The summed E-state index contributed by atoms with van der Waals surface area (Å²) in [6.45, 7) is 1.53. The first kappa shape index (κ1) is 14.0. The molecule has 3 aromatic heterocycles. The fourth-order valence-electron chi connectivity index (χ4n) is 2.55. The molecule has 0 fully saturated rings. The summed E-state index contributed by atoms with van der Waals surface area (Å²) in [5.74, 6) is 0.269. The topological polar surface area (TPSA) is 97.8 Å². The van der Waals surface area contributed by atoms with E-state index >= 15 is 0 Å². The van der Waals surface area contributed by atoms with Crippen LogP contribution in [-0.2, 0) is 17.9 Å². The molecule has 0 bridgehead atoms. The molecule has 23 heavy (non-hydrogen) atoms. The lowest BCUT2D eigenvalue weighted by atomic mass is 10.3. The molecule has 1 amide bonds. The molecule has 0 radical (unpaired) electrons. The summed E-state index contributed by atoms with van der Waals surface area (Å²) < 4.78 is 8.52. The molecular weight excluding hydrogens is 324 g/mol. The minimum absolute atomic E-state index is 0.269. The number of carbonyl (C=O) groups is 1. The second-order valence-corrected chi connectivity index (χ2v) is 5.40. The summed E-state index contributed by atoms with van der Waals surface area (Å²) in [4.78, 5) is 17.0. The standard InChI is InChI=1S/C13H11ClN6O3/c14-8-3-10(12-15-7-16-19(12)5-8)20(13(21)22)11-4-9-6-23-2-1-18(9)17-11/h3-5,7H,1-2,6H2,(H,21,22). The maximum absolute atomic E-state index is 11.8. The van der Waals surface area contributed by atoms with Gasteiger partial charge in [0.2, 0.25) is 0 Å². The Labute approximate surface area is 134 Å². The van der Waals surface area contributed by atoms with Crippen LogP contribution >= 0.6 is 11.6 Å². The van der Waals surface area contributed by atoms with Crippen LogP contribution in [0.1, 0.15) is 5.69 Å². The predicted octanol–water partition coefficient (Wildman–Crippen LogP) is 1.93. The van der Waals surface area contributed by atoms with Gasteiger partial charge in [0.05, 0.1) is 30.5 Å². The van der Waals surface area contributed by atoms with Gasteiger partial charge in [-0.2, -0.15) is 10.2 Å². The third-order valence-electron chi connectivity index (χ3n) is 3.53. The van der Waals surface area contributed by atoms with Gasteiger partial charge in [-0.05, 0) is 6.07 Å². The van der Waals surface area contributed by atoms with E-state index in [1.54, 1.807) is 16.9 Å². The molecular formula is C13H11ClN6O3. The molecule has 4 heterocycles. The maximum Gasteiger partial charge on any atom is 0.417 e. The van der Waals surface area contributed by atoms with Crippen LogP contribution in [0.5, 0.6) is 0 Å². The molecule has 0 saturated carbocycles. The Morgan fingerprint density at radius 1 is 1.43 bits per heavy atom. The van der Waals surface area contributed by atoms with Crippen LogP contribution in [0.4, 0.5) is 16.3 Å². The average molecular weight is 335 g/mol. The van der Waals surface area contributed by atoms with Gasteiger partial charge in [0, 0.05) is 12.3 Å². The normalized spacial score (nSPS) is 14.0. The molecule has 0 unspecified atom stereocenters. The fourth-order valence-corrected chi connectivity index (χ4v) is 2.75. The number of amides is 1. The Morgan fingerprint density at radius 2 is 2.30 bits per heavy atom. The highest BCUT2D eigenvalue weighted by Crippen LogP contribution is 2.31. The lowest BCUT2D eigenvalue weighted by Gasteiger charge is -2.17. The molecule has 118 valence electrons. The van der Waals surface area contributed by atoms with Crippen molar-refractivity contribution in [3.05, 3.63) is 35.4 Å². The summed E-state index contributed by atoms with van der Waals surface area (Å²) in [5, 5.41) is 18.4. The fraction of sp³-hybridized carbons (Fsp3) is 0.231. The van der Waals surface area contributed by atoms with Crippen molar-refractivity contribution >= 4 is 34.8 Å². The minimum atomic E-state index is -1.19. The number of fused-ring (bicyclic) bond motifs is 2. The van der Waals surface area contributed by atoms with Crippen LogP contribution in [0.25, 0.3) is 5.65 Å². The van der Waals surface area contributed by atoms with Crippen molar-refractivity contribution < 1.29 is 14.6 Å². The van der Waals surface area contributed by atoms with Gasteiger partial charge >= 0.3 is 6.09 Å². The number of ether oxygens (including phenoxy) is 1. The quantitative estimate of drug-likeness (QED) is 0.769. The number of carboxylic acid groups (broad SMARTS) is 1. The van der Waals surface area contributed by atoms with Crippen LogP contribution in [0.3, 0.4) is 0 Å². The van der Waals surface area contributed by atoms with Gasteiger partial charge in [0.15, 0.2) is 11.5 Å². The van der Waals surface area contributed by atoms with E-state index in [1.807, 2.05) is 0 Å². The SMILES string of the molecule is O=C(O)N(c1cc2n(n1)CCOC2)c1cc(Cl)cn2ncnc12. The molecule has 10 heteroatoms. The number of nitrogens with zero attached hydrogens (tertiary/aromatic N) is 6. The zero-order valence-electron chi connectivity index (χ0n) is 11.8. The Balaban J connectivity index is 1.89. The van der Waals surface area contributed by atoms with E-state index in [2.05, 4.69) is 15.2 Å². The highest BCUT2D eigenvalue weighted by atomic mass is 35.5. The zero-order chi connectivity index (χ0) is 16.0. The molecule has 1 N–H and O–H groups in total. The van der Waals surface area contributed by atoms with E-state index in [-0.39, 0.29) is 5.82 Å². The second kappa shape index (κ2) is 5.21. The number of pyridine rings is 1. The molecule has 3 aromatic rings. The summed E-state index contributed by atoms with van der Waals surface area (Å²) in [6.07, 6.45) is 1.70. The molecule has 4 rings (SSSR count). The molecule has 9 nitrogen and oxygen atoms in total. The van der Waals surface area contributed by atoms with E-state index in [0.717, 1.165) is 10.6 Å². The second-order valence-electron chi connectivity index (χ2n) is 4.96. The van der Waals surface area contributed by atoms with Gasteiger partial charge in [-0.1, -0.05) is 11.6 Å². The third kappa shape index (κ3) is 2.30. The summed E-state index contributed by atoms with van der Waals surface area (Å²) in [5.41, 5.74) is 1.48. The number of anilines is 2. The van der Waals surface area contributed by atoms with E-state index in [1.165, 1.54) is 16.9 Å². The van der Waals surface area contributed by atoms with Gasteiger partial charge in [0.1, 0.15) is 12.0 Å². The van der Waals surface area contributed by atoms with E-state index in [9.17, 15) is 9.90 Å². The number of aromatic nitrogens is 5. The first-order valence-electron chi connectivity index (χ1n) is 6.80. The molecule has 0 atom stereocenters. The van der Waals surface area contributed by atoms with Crippen molar-refractivity contribution in [3.63, 3.8) is 0 Å². The predicted molar refractivity (Wildman–Crippen MR) is 80.0 cm³/mol. The Bertz CT molecular complexity index is 881. The number of rotatable bonds is 2. The van der Waals surface area contributed by atoms with Crippen molar-refractivity contribution in [2.45, 2.75) is 13.2 Å². The summed E-state index contributed by atoms with van der Waals surface area (Å²) >= 11 is 6.06. The Morgan fingerprint density at radius 3 is 3.09 bits per heavy atom. The number of hydrogen-bond donors (Lipinski definition) is 1. The minimum Gasteiger partial charge on any atom is -0.464 e. The van der Waals surface area contributed by atoms with Crippen molar-refractivity contribution in [3.8, 4) is 0 Å². The Kier molecular flexibility index (Phi) is 3.17. The lowest BCUT2D eigenvalue weighted by molar-refractivity contribution is 0.0801. The number of halogens is 1. The summed E-state index contributed by atoms with van der Waals surface area (Å²) in [7, 11) is 0. The van der Waals surface area contributed by atoms with Crippen LogP contribution in [0, 0.1) is 0 Å². The first-order valence-corrected chi connectivity index (χ1v) is 7.18. The van der Waals surface area contributed by atoms with Gasteiger partial charge in [-0.15, -0.1) is 0 Å². The van der Waals surface area contributed by atoms with Crippen LogP contribution in [0.2, 0.25) is 5.02 Å². The molecule has 0 aliphatic carbocycles. The third-order valence-corrected chi connectivity index (χ3v) is 3.74. The van der Waals surface area contributed by atoms with Crippen molar-refractivity contribution in [2.24, 2.45) is 0 Å². The van der Waals surface area contributed by atoms with Gasteiger partial charge in [-0.3, -0.25) is 4.68 Å². The van der Waals surface area contributed by atoms with E-state index in [4.69, 9.17) is 16.3 Å². The van der Waals surface area contributed by atoms with Crippen molar-refractivity contribution in [1.29, 1.82) is 0 Å². The van der Waals surface area contributed by atoms with Crippen molar-refractivity contribution in [2.75, 3.05) is 11.5 Å². The molecule has 1 aliphatic rings. The van der Waals surface area contributed by atoms with Gasteiger partial charge < -0.3 is 9.84 Å². The zero-order valence-corrected chi connectivity index (χ0v) is 12.5. The lowest BCUT2D eigenvalue weighted by Crippen LogP contribution is -2.25. The van der Waals surface area contributed by atoms with E-state index in [0.29, 0.717) is 36.1 Å². The summed E-state index contributed by atoms with van der Waals surface area (Å²) in [6, 6.07) is 3.20. The highest BCUT2D eigenvalue weighted by molar-refractivity contribution is 6.31. The van der Waals surface area contributed by atoms with Crippen LogP contribution < -0.4 is 4.90 Å². The number of hydrogen-bond acceptors (Lipinski definition) is 5.